The molecular formula is C22H23NO4. The zero-order chi connectivity index (χ0) is 19.7. The van der Waals surface area contributed by atoms with Crippen molar-refractivity contribution in [1.82, 2.24) is 4.90 Å². The second kappa shape index (κ2) is 7.27. The summed E-state index contributed by atoms with van der Waals surface area (Å²) in [7, 11) is 0. The molecule has 0 bridgehead atoms. The van der Waals surface area contributed by atoms with Crippen molar-refractivity contribution < 1.29 is 19.8 Å². The predicted octanol–water partition coefficient (Wildman–Crippen LogP) is 3.84. The molecule has 1 atom stereocenters. The van der Waals surface area contributed by atoms with E-state index in [0.717, 1.165) is 11.1 Å². The SMILES string of the molecule is CCCN1C(=O)C(=O)/C(=C(/O)c2cc(C)ccc2C)C1c1cccc(O)c1. The van der Waals surface area contributed by atoms with E-state index in [2.05, 4.69) is 0 Å². The zero-order valence-electron chi connectivity index (χ0n) is 15.7. The monoisotopic (exact) mass is 365 g/mol. The van der Waals surface area contributed by atoms with Crippen LogP contribution >= 0.6 is 0 Å². The highest BCUT2D eigenvalue weighted by atomic mass is 16.3. The highest BCUT2D eigenvalue weighted by Gasteiger charge is 2.45. The lowest BCUT2D eigenvalue weighted by Crippen LogP contribution is -2.30. The quantitative estimate of drug-likeness (QED) is 0.490. The predicted molar refractivity (Wildman–Crippen MR) is 103 cm³/mol. The molecule has 0 radical (unpaired) electrons. The van der Waals surface area contributed by atoms with Crippen LogP contribution in [0.4, 0.5) is 0 Å². The van der Waals surface area contributed by atoms with Crippen LogP contribution < -0.4 is 0 Å². The van der Waals surface area contributed by atoms with Gasteiger partial charge in [0, 0.05) is 12.1 Å². The minimum absolute atomic E-state index is 0.0429. The average Bonchev–Trinajstić information content (AvgIpc) is 2.88. The molecule has 1 heterocycles. The Morgan fingerprint density at radius 2 is 1.85 bits per heavy atom. The minimum Gasteiger partial charge on any atom is -0.508 e. The number of rotatable bonds is 4. The number of aliphatic hydroxyl groups excluding tert-OH is 1. The molecule has 0 spiro atoms. The van der Waals surface area contributed by atoms with Crippen LogP contribution in [0, 0.1) is 13.8 Å². The molecule has 0 aromatic heterocycles. The molecule has 2 aromatic carbocycles. The van der Waals surface area contributed by atoms with Crippen LogP contribution in [-0.2, 0) is 9.59 Å². The first-order valence-corrected chi connectivity index (χ1v) is 9.00. The molecule has 1 amide bonds. The summed E-state index contributed by atoms with van der Waals surface area (Å²) >= 11 is 0. The van der Waals surface area contributed by atoms with E-state index in [1.54, 1.807) is 18.2 Å². The lowest BCUT2D eigenvalue weighted by atomic mass is 9.93. The topological polar surface area (TPSA) is 77.8 Å². The van der Waals surface area contributed by atoms with Gasteiger partial charge >= 0.3 is 0 Å². The van der Waals surface area contributed by atoms with Gasteiger partial charge in [0.15, 0.2) is 0 Å². The third-order valence-electron chi connectivity index (χ3n) is 4.84. The zero-order valence-corrected chi connectivity index (χ0v) is 15.7. The number of likely N-dealkylation sites (tertiary alicyclic amines) is 1. The van der Waals surface area contributed by atoms with E-state index >= 15 is 0 Å². The van der Waals surface area contributed by atoms with Gasteiger partial charge in [-0.1, -0.05) is 36.8 Å². The number of hydrogen-bond acceptors (Lipinski definition) is 4. The Balaban J connectivity index is 2.25. The van der Waals surface area contributed by atoms with Gasteiger partial charge in [0.2, 0.25) is 0 Å². The average molecular weight is 365 g/mol. The molecule has 0 saturated carbocycles. The summed E-state index contributed by atoms with van der Waals surface area (Å²) < 4.78 is 0. The maximum absolute atomic E-state index is 12.8. The summed E-state index contributed by atoms with van der Waals surface area (Å²) in [5.41, 5.74) is 2.95. The molecule has 27 heavy (non-hydrogen) atoms. The van der Waals surface area contributed by atoms with E-state index in [-0.39, 0.29) is 17.1 Å². The van der Waals surface area contributed by atoms with E-state index in [9.17, 15) is 19.8 Å². The third kappa shape index (κ3) is 3.33. The van der Waals surface area contributed by atoms with Gasteiger partial charge in [0.25, 0.3) is 11.7 Å². The Hall–Kier alpha value is -3.08. The molecule has 1 fully saturated rings. The van der Waals surface area contributed by atoms with E-state index in [0.29, 0.717) is 24.1 Å². The van der Waals surface area contributed by atoms with Gasteiger partial charge < -0.3 is 15.1 Å². The van der Waals surface area contributed by atoms with Crippen LogP contribution in [-0.4, -0.2) is 33.3 Å². The molecule has 1 saturated heterocycles. The van der Waals surface area contributed by atoms with Crippen molar-refractivity contribution in [1.29, 1.82) is 0 Å². The number of phenolic OH excluding ortho intramolecular Hbond substituents is 1. The second-order valence-corrected chi connectivity index (χ2v) is 6.91. The number of ketones is 1. The number of aryl methyl sites for hydroxylation is 2. The normalized spacial score (nSPS) is 18.9. The summed E-state index contributed by atoms with van der Waals surface area (Å²) in [6, 6.07) is 11.3. The highest BCUT2D eigenvalue weighted by molar-refractivity contribution is 6.46. The van der Waals surface area contributed by atoms with Crippen LogP contribution in [0.25, 0.3) is 5.76 Å². The largest absolute Gasteiger partial charge is 0.508 e. The molecule has 0 aliphatic carbocycles. The van der Waals surface area contributed by atoms with E-state index in [1.165, 1.54) is 17.0 Å². The van der Waals surface area contributed by atoms with Gasteiger partial charge in [-0.2, -0.15) is 0 Å². The Labute approximate surface area is 158 Å². The fraction of sp³-hybridized carbons (Fsp3) is 0.273. The highest BCUT2D eigenvalue weighted by Crippen LogP contribution is 2.40. The van der Waals surface area contributed by atoms with E-state index < -0.39 is 17.7 Å². The summed E-state index contributed by atoms with van der Waals surface area (Å²) in [5.74, 6) is -1.46. The first-order chi connectivity index (χ1) is 12.8. The number of benzene rings is 2. The number of amides is 1. The number of aromatic hydroxyl groups is 1. The molecular weight excluding hydrogens is 342 g/mol. The molecule has 5 nitrogen and oxygen atoms in total. The molecule has 5 heteroatoms. The van der Waals surface area contributed by atoms with Gasteiger partial charge in [-0.15, -0.1) is 0 Å². The lowest BCUT2D eigenvalue weighted by Gasteiger charge is -2.25. The smallest absolute Gasteiger partial charge is 0.295 e. The summed E-state index contributed by atoms with van der Waals surface area (Å²) in [5, 5.41) is 20.9. The standard InChI is InChI=1S/C22H23NO4/c1-4-10-23-19(15-6-5-7-16(24)12-15)18(21(26)22(23)27)20(25)17-11-13(2)8-9-14(17)3/h5-9,11-12,19,24-25H,4,10H2,1-3H3/b20-18+. The first kappa shape index (κ1) is 18.7. The number of phenols is 1. The van der Waals surface area contributed by atoms with Gasteiger partial charge in [0.1, 0.15) is 11.5 Å². The molecule has 140 valence electrons. The van der Waals surface area contributed by atoms with Crippen LogP contribution in [0.1, 0.15) is 41.6 Å². The Bertz CT molecular complexity index is 945. The maximum atomic E-state index is 12.8. The lowest BCUT2D eigenvalue weighted by molar-refractivity contribution is -0.139. The molecule has 1 aliphatic rings. The third-order valence-corrected chi connectivity index (χ3v) is 4.84. The Morgan fingerprint density at radius 1 is 1.11 bits per heavy atom. The summed E-state index contributed by atoms with van der Waals surface area (Å²) in [6.45, 7) is 6.05. The summed E-state index contributed by atoms with van der Waals surface area (Å²) in [6.07, 6.45) is 0.672. The van der Waals surface area contributed by atoms with Crippen LogP contribution in [0.15, 0.2) is 48.0 Å². The van der Waals surface area contributed by atoms with E-state index in [4.69, 9.17) is 0 Å². The number of aliphatic hydroxyl groups is 1. The van der Waals surface area contributed by atoms with Crippen molar-refractivity contribution in [2.45, 2.75) is 33.2 Å². The number of nitrogens with zero attached hydrogens (tertiary/aromatic N) is 1. The molecule has 3 rings (SSSR count). The van der Waals surface area contributed by atoms with Gasteiger partial charge in [-0.25, -0.2) is 0 Å². The van der Waals surface area contributed by atoms with Gasteiger partial charge in [-0.05, 0) is 49.6 Å². The van der Waals surface area contributed by atoms with Crippen molar-refractivity contribution in [3.8, 4) is 5.75 Å². The fourth-order valence-electron chi connectivity index (χ4n) is 3.53. The van der Waals surface area contributed by atoms with Crippen LogP contribution in [0.3, 0.4) is 0 Å². The number of Topliss-reactive ketones (excluding diaryl/α,β-unsaturated/α-hetero) is 1. The van der Waals surface area contributed by atoms with Crippen molar-refractivity contribution in [3.63, 3.8) is 0 Å². The Kier molecular flexibility index (Phi) is 5.04. The number of hydrogen-bond donors (Lipinski definition) is 2. The number of carbonyl (C=O) groups is 2. The van der Waals surface area contributed by atoms with Crippen molar-refractivity contribution >= 4 is 17.4 Å². The molecule has 2 aromatic rings. The fourth-order valence-corrected chi connectivity index (χ4v) is 3.53. The van der Waals surface area contributed by atoms with Crippen LogP contribution in [0.2, 0.25) is 0 Å². The maximum Gasteiger partial charge on any atom is 0.295 e. The summed E-state index contributed by atoms with van der Waals surface area (Å²) in [4.78, 5) is 26.9. The van der Waals surface area contributed by atoms with E-state index in [1.807, 2.05) is 32.9 Å². The Morgan fingerprint density at radius 3 is 2.52 bits per heavy atom. The van der Waals surface area contributed by atoms with Crippen molar-refractivity contribution in [2.24, 2.45) is 0 Å². The number of carbonyl (C=O) groups excluding carboxylic acids is 2. The van der Waals surface area contributed by atoms with Crippen molar-refractivity contribution in [3.05, 3.63) is 70.3 Å². The molecule has 1 unspecified atom stereocenters. The first-order valence-electron chi connectivity index (χ1n) is 9.00. The minimum atomic E-state index is -0.725. The van der Waals surface area contributed by atoms with Crippen molar-refractivity contribution in [2.75, 3.05) is 6.54 Å². The molecule has 1 aliphatic heterocycles. The van der Waals surface area contributed by atoms with Gasteiger partial charge in [0.05, 0.1) is 11.6 Å². The van der Waals surface area contributed by atoms with Crippen LogP contribution in [0.5, 0.6) is 5.75 Å². The molecule has 2 N–H and O–H groups in total. The second-order valence-electron chi connectivity index (χ2n) is 6.91. The van der Waals surface area contributed by atoms with Gasteiger partial charge in [-0.3, -0.25) is 9.59 Å².